The van der Waals surface area contributed by atoms with E-state index in [1.54, 1.807) is 0 Å². The second-order valence-electron chi connectivity index (χ2n) is 4.08. The molecule has 2 aromatic rings. The number of hydrogen-bond acceptors (Lipinski definition) is 4. The zero-order valence-electron chi connectivity index (χ0n) is 10.7. The molecule has 1 amide bonds. The van der Waals surface area contributed by atoms with Gasteiger partial charge in [-0.05, 0) is 17.7 Å². The third-order valence-electron chi connectivity index (χ3n) is 2.44. The van der Waals surface area contributed by atoms with Crippen molar-refractivity contribution in [3.05, 3.63) is 67.1 Å². The Hall–Kier alpha value is -2.48. The summed E-state index contributed by atoms with van der Waals surface area (Å²) >= 11 is 3.32. The largest absolute Gasteiger partial charge is 0.271 e. The van der Waals surface area contributed by atoms with E-state index in [0.29, 0.717) is 0 Å². The van der Waals surface area contributed by atoms with Crippen LogP contribution in [0.5, 0.6) is 0 Å². The third kappa shape index (κ3) is 4.53. The lowest BCUT2D eigenvalue weighted by atomic mass is 10.2. The Balaban J connectivity index is 1.98. The third-order valence-corrected chi connectivity index (χ3v) is 2.93. The van der Waals surface area contributed by atoms with Gasteiger partial charge in [-0.15, -0.1) is 0 Å². The number of carbonyl (C=O) groups excluding carboxylic acids is 1. The van der Waals surface area contributed by atoms with Crippen LogP contribution in [0.4, 0.5) is 0 Å². The van der Waals surface area contributed by atoms with Gasteiger partial charge in [0, 0.05) is 16.6 Å². The summed E-state index contributed by atoms with van der Waals surface area (Å²) < 4.78 is 1.80. The molecule has 0 spiro atoms. The number of halogens is 1. The zero-order valence-corrected chi connectivity index (χ0v) is 12.3. The van der Waals surface area contributed by atoms with Gasteiger partial charge < -0.3 is 0 Å². The first-order valence-electron chi connectivity index (χ1n) is 5.92. The predicted molar refractivity (Wildman–Crippen MR) is 81.2 cm³/mol. The molecule has 0 fully saturated rings. The first-order valence-corrected chi connectivity index (χ1v) is 6.71. The standard InChI is InChI=1S/C13H11BrN4O3/c14-10-3-1-2-9(6-10)7-15-16-12(20)8-18-13(21)5-4-11(19)17-18/h1-7H,8H2,(H,16,20)(H,17,19)/b15-7-. The van der Waals surface area contributed by atoms with Crippen molar-refractivity contribution >= 4 is 28.1 Å². The fourth-order valence-corrected chi connectivity index (χ4v) is 1.94. The number of aromatic nitrogens is 2. The van der Waals surface area contributed by atoms with E-state index in [9.17, 15) is 14.4 Å². The summed E-state index contributed by atoms with van der Waals surface area (Å²) in [5.74, 6) is -0.523. The Bertz CT molecular complexity index is 794. The van der Waals surface area contributed by atoms with Crippen LogP contribution in [0.2, 0.25) is 0 Å². The van der Waals surface area contributed by atoms with Crippen molar-refractivity contribution in [2.24, 2.45) is 5.10 Å². The van der Waals surface area contributed by atoms with E-state index in [4.69, 9.17) is 0 Å². The molecule has 7 nitrogen and oxygen atoms in total. The van der Waals surface area contributed by atoms with Gasteiger partial charge in [-0.1, -0.05) is 28.1 Å². The highest BCUT2D eigenvalue weighted by Gasteiger charge is 2.03. The van der Waals surface area contributed by atoms with E-state index in [2.05, 4.69) is 31.6 Å². The van der Waals surface area contributed by atoms with Crippen molar-refractivity contribution in [1.82, 2.24) is 15.2 Å². The van der Waals surface area contributed by atoms with Crippen LogP contribution in [0.3, 0.4) is 0 Å². The normalized spacial score (nSPS) is 10.7. The Labute approximate surface area is 127 Å². The van der Waals surface area contributed by atoms with Crippen molar-refractivity contribution in [2.45, 2.75) is 6.54 Å². The fourth-order valence-electron chi connectivity index (χ4n) is 1.52. The van der Waals surface area contributed by atoms with E-state index < -0.39 is 17.0 Å². The van der Waals surface area contributed by atoms with Gasteiger partial charge in [0.2, 0.25) is 0 Å². The maximum Gasteiger partial charge on any atom is 0.265 e. The molecule has 0 saturated heterocycles. The van der Waals surface area contributed by atoms with Gasteiger partial charge in [0.05, 0.1) is 6.21 Å². The highest BCUT2D eigenvalue weighted by atomic mass is 79.9. The molecular weight excluding hydrogens is 340 g/mol. The van der Waals surface area contributed by atoms with Gasteiger partial charge in [-0.2, -0.15) is 5.10 Å². The van der Waals surface area contributed by atoms with Crippen molar-refractivity contribution in [2.75, 3.05) is 0 Å². The number of hydrazone groups is 1. The Morgan fingerprint density at radius 2 is 2.14 bits per heavy atom. The van der Waals surface area contributed by atoms with Crippen LogP contribution in [-0.2, 0) is 11.3 Å². The van der Waals surface area contributed by atoms with E-state index in [1.165, 1.54) is 6.21 Å². The molecule has 2 N–H and O–H groups in total. The Kier molecular flexibility index (Phi) is 4.83. The van der Waals surface area contributed by atoms with Crippen LogP contribution in [0, 0.1) is 0 Å². The molecule has 1 aromatic heterocycles. The molecular formula is C13H11BrN4O3. The number of benzene rings is 1. The summed E-state index contributed by atoms with van der Waals surface area (Å²) in [6.07, 6.45) is 1.47. The lowest BCUT2D eigenvalue weighted by Gasteiger charge is -2.03. The summed E-state index contributed by atoms with van der Waals surface area (Å²) in [4.78, 5) is 34.1. The van der Waals surface area contributed by atoms with E-state index in [0.717, 1.165) is 26.9 Å². The van der Waals surface area contributed by atoms with E-state index >= 15 is 0 Å². The summed E-state index contributed by atoms with van der Waals surface area (Å²) in [7, 11) is 0. The van der Waals surface area contributed by atoms with Crippen LogP contribution in [0.15, 0.2) is 55.6 Å². The van der Waals surface area contributed by atoms with Crippen LogP contribution >= 0.6 is 15.9 Å². The number of carbonyl (C=O) groups is 1. The van der Waals surface area contributed by atoms with Gasteiger partial charge >= 0.3 is 0 Å². The maximum absolute atomic E-state index is 11.6. The zero-order chi connectivity index (χ0) is 15.2. The second-order valence-corrected chi connectivity index (χ2v) is 5.00. The molecule has 1 aromatic carbocycles. The number of nitrogens with one attached hydrogen (secondary N) is 2. The number of H-pyrrole nitrogens is 1. The molecule has 0 unspecified atom stereocenters. The number of hydrogen-bond donors (Lipinski definition) is 2. The Morgan fingerprint density at radius 1 is 1.33 bits per heavy atom. The quantitative estimate of drug-likeness (QED) is 0.618. The average molecular weight is 351 g/mol. The highest BCUT2D eigenvalue weighted by Crippen LogP contribution is 2.09. The molecule has 0 radical (unpaired) electrons. The summed E-state index contributed by atoms with van der Waals surface area (Å²) in [5, 5.41) is 6.03. The smallest absolute Gasteiger partial charge is 0.265 e. The lowest BCUT2D eigenvalue weighted by molar-refractivity contribution is -0.121. The molecule has 8 heteroatoms. The Morgan fingerprint density at radius 3 is 2.90 bits per heavy atom. The first kappa shape index (κ1) is 14.9. The van der Waals surface area contributed by atoms with Crippen molar-refractivity contribution in [3.8, 4) is 0 Å². The van der Waals surface area contributed by atoms with Gasteiger partial charge in [-0.3, -0.25) is 19.5 Å². The number of rotatable bonds is 4. The van der Waals surface area contributed by atoms with Gasteiger partial charge in [0.15, 0.2) is 0 Å². The summed E-state index contributed by atoms with van der Waals surface area (Å²) in [5.41, 5.74) is 2.15. The maximum atomic E-state index is 11.6. The van der Waals surface area contributed by atoms with Gasteiger partial charge in [0.25, 0.3) is 17.0 Å². The molecule has 0 atom stereocenters. The fraction of sp³-hybridized carbons (Fsp3) is 0.0769. The van der Waals surface area contributed by atoms with Crippen molar-refractivity contribution in [1.29, 1.82) is 0 Å². The van der Waals surface area contributed by atoms with E-state index in [1.807, 2.05) is 24.3 Å². The van der Waals surface area contributed by atoms with Gasteiger partial charge in [0.1, 0.15) is 6.54 Å². The van der Waals surface area contributed by atoms with Crippen LogP contribution in [0.25, 0.3) is 0 Å². The summed E-state index contributed by atoms with van der Waals surface area (Å²) in [6.45, 7) is -0.315. The van der Waals surface area contributed by atoms with Gasteiger partial charge in [-0.25, -0.2) is 10.1 Å². The molecule has 0 bridgehead atoms. The van der Waals surface area contributed by atoms with Crippen molar-refractivity contribution < 1.29 is 4.79 Å². The van der Waals surface area contributed by atoms with Crippen molar-refractivity contribution in [3.63, 3.8) is 0 Å². The average Bonchev–Trinajstić information content (AvgIpc) is 2.43. The van der Waals surface area contributed by atoms with Crippen LogP contribution < -0.4 is 16.5 Å². The monoisotopic (exact) mass is 350 g/mol. The highest BCUT2D eigenvalue weighted by molar-refractivity contribution is 9.10. The molecule has 0 aliphatic carbocycles. The predicted octanol–water partition coefficient (Wildman–Crippen LogP) is 0.449. The van der Waals surface area contributed by atoms with Crippen LogP contribution in [0.1, 0.15) is 5.56 Å². The molecule has 0 saturated carbocycles. The minimum absolute atomic E-state index is 0.315. The number of aromatic amines is 1. The first-order chi connectivity index (χ1) is 10.0. The SMILES string of the molecule is O=C(Cn1[nH]c(=O)ccc1=O)N/N=C\c1cccc(Br)c1. The molecule has 2 rings (SSSR count). The molecule has 21 heavy (non-hydrogen) atoms. The van der Waals surface area contributed by atoms with Crippen LogP contribution in [-0.4, -0.2) is 21.9 Å². The second kappa shape index (κ2) is 6.80. The molecule has 108 valence electrons. The topological polar surface area (TPSA) is 96.3 Å². The minimum Gasteiger partial charge on any atom is -0.271 e. The van der Waals surface area contributed by atoms with E-state index in [-0.39, 0.29) is 6.54 Å². The molecule has 0 aliphatic heterocycles. The summed E-state index contributed by atoms with van der Waals surface area (Å²) in [6, 6.07) is 9.54. The molecule has 0 aliphatic rings. The molecule has 1 heterocycles. The lowest BCUT2D eigenvalue weighted by Crippen LogP contribution is -2.34. The number of nitrogens with zero attached hydrogens (tertiary/aromatic N) is 2. The number of amides is 1. The minimum atomic E-state index is -0.523.